The Morgan fingerprint density at radius 1 is 0.966 bits per heavy atom. The lowest BCUT2D eigenvalue weighted by atomic mass is 10.2. The van der Waals surface area contributed by atoms with E-state index >= 15 is 0 Å². The second kappa shape index (κ2) is 7.95. The third-order valence-electron chi connectivity index (χ3n) is 4.18. The van der Waals surface area contributed by atoms with Crippen molar-refractivity contribution in [2.24, 2.45) is 5.92 Å². The van der Waals surface area contributed by atoms with Crippen molar-refractivity contribution < 1.29 is 35.2 Å². The van der Waals surface area contributed by atoms with Crippen molar-refractivity contribution in [3.05, 3.63) is 58.9 Å². The molecule has 3 rings (SSSR count). The fourth-order valence-electron chi connectivity index (χ4n) is 2.34. The SMILES string of the molecule is O=C(NNc1c(F)c(F)c(F)c(F)c1F)c1cccc(S(=O)(=O)NCC2CC2)c1. The van der Waals surface area contributed by atoms with Crippen LogP contribution in [0.25, 0.3) is 0 Å². The summed E-state index contributed by atoms with van der Waals surface area (Å²) in [5.41, 5.74) is 1.72. The predicted octanol–water partition coefficient (Wildman–Crippen LogP) is 2.83. The molecule has 0 aromatic heterocycles. The van der Waals surface area contributed by atoms with Gasteiger partial charge in [-0.25, -0.2) is 35.1 Å². The number of anilines is 1. The van der Waals surface area contributed by atoms with Crippen LogP contribution in [0, 0.1) is 35.0 Å². The molecule has 1 amide bonds. The Balaban J connectivity index is 1.75. The molecule has 3 N–H and O–H groups in total. The Kier molecular flexibility index (Phi) is 5.75. The van der Waals surface area contributed by atoms with Gasteiger partial charge in [0.05, 0.1) is 4.90 Å². The van der Waals surface area contributed by atoms with Crippen LogP contribution in [0.4, 0.5) is 27.6 Å². The van der Waals surface area contributed by atoms with Gasteiger partial charge in [-0.3, -0.25) is 15.6 Å². The van der Waals surface area contributed by atoms with Crippen molar-refractivity contribution >= 4 is 21.6 Å². The first-order valence-electron chi connectivity index (χ1n) is 8.29. The van der Waals surface area contributed by atoms with Crippen LogP contribution in [0.5, 0.6) is 0 Å². The fourth-order valence-corrected chi connectivity index (χ4v) is 3.51. The molecule has 1 aliphatic rings. The summed E-state index contributed by atoms with van der Waals surface area (Å²) < 4.78 is 93.5. The van der Waals surface area contributed by atoms with E-state index in [1.807, 2.05) is 0 Å². The molecule has 0 spiro atoms. The highest BCUT2D eigenvalue weighted by molar-refractivity contribution is 7.89. The predicted molar refractivity (Wildman–Crippen MR) is 91.7 cm³/mol. The van der Waals surface area contributed by atoms with E-state index in [9.17, 15) is 35.2 Å². The average molecular weight is 435 g/mol. The first kappa shape index (κ1) is 21.0. The van der Waals surface area contributed by atoms with E-state index in [1.54, 1.807) is 10.9 Å². The molecule has 0 aliphatic heterocycles. The molecule has 0 heterocycles. The van der Waals surface area contributed by atoms with Crippen LogP contribution >= 0.6 is 0 Å². The normalized spacial score (nSPS) is 14.0. The lowest BCUT2D eigenvalue weighted by Crippen LogP contribution is -2.31. The van der Waals surface area contributed by atoms with Crippen LogP contribution < -0.4 is 15.6 Å². The highest BCUT2D eigenvalue weighted by Gasteiger charge is 2.27. The minimum absolute atomic E-state index is 0.220. The maximum absolute atomic E-state index is 13.6. The van der Waals surface area contributed by atoms with E-state index in [0.717, 1.165) is 18.9 Å². The van der Waals surface area contributed by atoms with E-state index in [0.29, 0.717) is 0 Å². The lowest BCUT2D eigenvalue weighted by molar-refractivity contribution is 0.0962. The number of nitrogens with one attached hydrogen (secondary N) is 3. The van der Waals surface area contributed by atoms with Crippen molar-refractivity contribution in [1.82, 2.24) is 10.1 Å². The molecule has 0 radical (unpaired) electrons. The zero-order chi connectivity index (χ0) is 21.3. The molecular weight excluding hydrogens is 421 g/mol. The van der Waals surface area contributed by atoms with Crippen LogP contribution in [0.3, 0.4) is 0 Å². The van der Waals surface area contributed by atoms with Gasteiger partial charge >= 0.3 is 0 Å². The van der Waals surface area contributed by atoms with Gasteiger partial charge in [-0.05, 0) is 37.0 Å². The highest BCUT2D eigenvalue weighted by atomic mass is 32.2. The molecule has 1 aliphatic carbocycles. The summed E-state index contributed by atoms with van der Waals surface area (Å²) in [5, 5.41) is 0. The zero-order valence-electron chi connectivity index (χ0n) is 14.5. The molecular formula is C17H14F5N3O3S. The number of hydrogen-bond acceptors (Lipinski definition) is 4. The van der Waals surface area contributed by atoms with Gasteiger partial charge in [0, 0.05) is 12.1 Å². The molecule has 2 aromatic carbocycles. The number of sulfonamides is 1. The quantitative estimate of drug-likeness (QED) is 0.270. The Labute approximate surface area is 162 Å². The monoisotopic (exact) mass is 435 g/mol. The molecule has 0 saturated heterocycles. The average Bonchev–Trinajstić information content (AvgIpc) is 3.54. The van der Waals surface area contributed by atoms with Crippen LogP contribution in [0.15, 0.2) is 29.2 Å². The second-order valence-corrected chi connectivity index (χ2v) is 8.11. The van der Waals surface area contributed by atoms with Gasteiger partial charge in [-0.2, -0.15) is 0 Å². The van der Waals surface area contributed by atoms with Gasteiger partial charge in [-0.15, -0.1) is 0 Å². The maximum Gasteiger partial charge on any atom is 0.269 e. The van der Waals surface area contributed by atoms with Crippen molar-refractivity contribution in [3.63, 3.8) is 0 Å². The van der Waals surface area contributed by atoms with Gasteiger partial charge in [0.1, 0.15) is 5.69 Å². The Morgan fingerprint density at radius 2 is 1.55 bits per heavy atom. The zero-order valence-corrected chi connectivity index (χ0v) is 15.3. The van der Waals surface area contributed by atoms with Crippen LogP contribution in [-0.2, 0) is 10.0 Å². The molecule has 6 nitrogen and oxygen atoms in total. The standard InChI is InChI=1S/C17H14F5N3O3S/c18-11-12(19)14(21)16(15(22)13(11)20)24-25-17(26)9-2-1-3-10(6-9)29(27,28)23-7-8-4-5-8/h1-3,6,8,23-24H,4-5,7H2,(H,25,26). The summed E-state index contributed by atoms with van der Waals surface area (Å²) in [6.45, 7) is 0.264. The summed E-state index contributed by atoms with van der Waals surface area (Å²) in [6.07, 6.45) is 1.85. The third kappa shape index (κ3) is 4.48. The Bertz CT molecular complexity index is 1050. The summed E-state index contributed by atoms with van der Waals surface area (Å²) in [6, 6.07) is 4.71. The van der Waals surface area contributed by atoms with Gasteiger partial charge in [0.2, 0.25) is 15.8 Å². The van der Waals surface area contributed by atoms with E-state index < -0.39 is 50.7 Å². The number of carbonyl (C=O) groups excluding carboxylic acids is 1. The van der Waals surface area contributed by atoms with Gasteiger partial charge in [-0.1, -0.05) is 6.07 Å². The van der Waals surface area contributed by atoms with E-state index in [-0.39, 0.29) is 22.9 Å². The molecule has 0 unspecified atom stereocenters. The number of halogens is 5. The van der Waals surface area contributed by atoms with Crippen molar-refractivity contribution in [1.29, 1.82) is 0 Å². The fraction of sp³-hybridized carbons (Fsp3) is 0.235. The molecule has 2 aromatic rings. The van der Waals surface area contributed by atoms with E-state index in [4.69, 9.17) is 0 Å². The number of rotatable bonds is 7. The van der Waals surface area contributed by atoms with Crippen molar-refractivity contribution in [2.75, 3.05) is 12.0 Å². The highest BCUT2D eigenvalue weighted by Crippen LogP contribution is 2.28. The summed E-state index contributed by atoms with van der Waals surface area (Å²) in [7, 11) is -3.88. The van der Waals surface area contributed by atoms with Crippen molar-refractivity contribution in [3.8, 4) is 0 Å². The molecule has 29 heavy (non-hydrogen) atoms. The number of benzene rings is 2. The summed E-state index contributed by atoms with van der Waals surface area (Å²) in [5.74, 6) is -11.8. The molecule has 1 saturated carbocycles. The minimum atomic E-state index is -3.88. The number of hydrazine groups is 1. The van der Waals surface area contributed by atoms with Gasteiger partial charge < -0.3 is 0 Å². The number of hydrogen-bond donors (Lipinski definition) is 3. The molecule has 156 valence electrons. The van der Waals surface area contributed by atoms with E-state index in [1.165, 1.54) is 18.2 Å². The maximum atomic E-state index is 13.6. The van der Waals surface area contributed by atoms with E-state index in [2.05, 4.69) is 4.72 Å². The van der Waals surface area contributed by atoms with Crippen LogP contribution in [0.2, 0.25) is 0 Å². The molecule has 0 bridgehead atoms. The molecule has 12 heteroatoms. The first-order valence-corrected chi connectivity index (χ1v) is 9.77. The molecule has 0 atom stereocenters. The minimum Gasteiger partial charge on any atom is -0.293 e. The molecule has 1 fully saturated rings. The summed E-state index contributed by atoms with van der Waals surface area (Å²) in [4.78, 5) is 11.9. The first-order chi connectivity index (χ1) is 13.6. The van der Waals surface area contributed by atoms with Crippen molar-refractivity contribution in [2.45, 2.75) is 17.7 Å². The number of carbonyl (C=O) groups is 1. The van der Waals surface area contributed by atoms with Crippen LogP contribution in [0.1, 0.15) is 23.2 Å². The van der Waals surface area contributed by atoms with Gasteiger partial charge in [0.15, 0.2) is 23.3 Å². The largest absolute Gasteiger partial charge is 0.293 e. The van der Waals surface area contributed by atoms with Gasteiger partial charge in [0.25, 0.3) is 5.91 Å². The lowest BCUT2D eigenvalue weighted by Gasteiger charge is -2.12. The topological polar surface area (TPSA) is 87.3 Å². The third-order valence-corrected chi connectivity index (χ3v) is 5.60. The smallest absolute Gasteiger partial charge is 0.269 e. The second-order valence-electron chi connectivity index (χ2n) is 6.35. The Hall–Kier alpha value is -2.73. The summed E-state index contributed by atoms with van der Waals surface area (Å²) >= 11 is 0. The van der Waals surface area contributed by atoms with Crippen LogP contribution in [-0.4, -0.2) is 20.9 Å². The Morgan fingerprint density at radius 3 is 2.14 bits per heavy atom. The number of amides is 1.